The standard InChI is InChI=1S/C21H30N2O4S/c1-17-9-11-21(2,12-10-17)22-20(24)8-5-18-3-6-19(7-4-18)28(25,26)23-13-15-27-16-14-23/h3-8,17H,9-16H2,1-2H3,(H,22,24)/b8-5+. The molecule has 1 saturated carbocycles. The van der Waals surface area contributed by atoms with E-state index in [4.69, 9.17) is 4.74 Å². The van der Waals surface area contributed by atoms with Gasteiger partial charge in [-0.2, -0.15) is 4.31 Å². The average molecular weight is 407 g/mol. The number of hydrogen-bond donors (Lipinski definition) is 1. The molecule has 1 saturated heterocycles. The summed E-state index contributed by atoms with van der Waals surface area (Å²) in [5.74, 6) is 0.620. The van der Waals surface area contributed by atoms with E-state index in [-0.39, 0.29) is 16.3 Å². The molecule has 0 aromatic heterocycles. The summed E-state index contributed by atoms with van der Waals surface area (Å²) in [5.41, 5.74) is 0.655. The van der Waals surface area contributed by atoms with Crippen LogP contribution >= 0.6 is 0 Å². The first-order chi connectivity index (χ1) is 13.3. The molecule has 0 radical (unpaired) electrons. The van der Waals surface area contributed by atoms with Gasteiger partial charge in [0.05, 0.1) is 18.1 Å². The smallest absolute Gasteiger partial charge is 0.244 e. The summed E-state index contributed by atoms with van der Waals surface area (Å²) in [4.78, 5) is 12.6. The fourth-order valence-electron chi connectivity index (χ4n) is 3.72. The number of hydrogen-bond acceptors (Lipinski definition) is 4. The van der Waals surface area contributed by atoms with Crippen LogP contribution in [0.2, 0.25) is 0 Å². The van der Waals surface area contributed by atoms with E-state index in [1.54, 1.807) is 30.3 Å². The first-order valence-corrected chi connectivity index (χ1v) is 11.4. The number of carbonyl (C=O) groups is 1. The maximum Gasteiger partial charge on any atom is 0.244 e. The second kappa shape index (κ2) is 8.76. The van der Waals surface area contributed by atoms with E-state index < -0.39 is 10.0 Å². The first-order valence-electron chi connectivity index (χ1n) is 9.97. The first kappa shape index (κ1) is 21.0. The van der Waals surface area contributed by atoms with Gasteiger partial charge in [0.25, 0.3) is 0 Å². The van der Waals surface area contributed by atoms with Crippen molar-refractivity contribution in [3.8, 4) is 0 Å². The maximum absolute atomic E-state index is 12.6. The van der Waals surface area contributed by atoms with E-state index in [2.05, 4.69) is 19.2 Å². The van der Waals surface area contributed by atoms with Gasteiger partial charge in [-0.15, -0.1) is 0 Å². The van der Waals surface area contributed by atoms with Gasteiger partial charge in [-0.1, -0.05) is 19.1 Å². The molecule has 0 unspecified atom stereocenters. The predicted octanol–water partition coefficient (Wildman–Crippen LogP) is 2.81. The Kier molecular flexibility index (Phi) is 6.58. The lowest BCUT2D eigenvalue weighted by atomic mass is 9.78. The molecule has 1 amide bonds. The molecule has 3 rings (SSSR count). The molecule has 0 bridgehead atoms. The Morgan fingerprint density at radius 1 is 1.18 bits per heavy atom. The summed E-state index contributed by atoms with van der Waals surface area (Å²) in [6, 6.07) is 6.63. The molecule has 2 aliphatic rings. The van der Waals surface area contributed by atoms with E-state index in [9.17, 15) is 13.2 Å². The largest absolute Gasteiger partial charge is 0.379 e. The van der Waals surface area contributed by atoms with Crippen molar-refractivity contribution in [2.75, 3.05) is 26.3 Å². The normalized spacial score (nSPS) is 27.0. The second-order valence-electron chi connectivity index (χ2n) is 8.15. The molecule has 1 N–H and O–H groups in total. The molecule has 6 nitrogen and oxygen atoms in total. The molecule has 7 heteroatoms. The van der Waals surface area contributed by atoms with Crippen LogP contribution in [0.15, 0.2) is 35.2 Å². The third kappa shape index (κ3) is 5.21. The van der Waals surface area contributed by atoms with Gasteiger partial charge in [-0.3, -0.25) is 4.79 Å². The zero-order valence-corrected chi connectivity index (χ0v) is 17.5. The molecular formula is C21H30N2O4S. The van der Waals surface area contributed by atoms with Crippen molar-refractivity contribution >= 4 is 22.0 Å². The van der Waals surface area contributed by atoms with Crippen LogP contribution in [0, 0.1) is 5.92 Å². The van der Waals surface area contributed by atoms with Gasteiger partial charge in [0.15, 0.2) is 0 Å². The summed E-state index contributed by atoms with van der Waals surface area (Å²) in [6.45, 7) is 5.96. The van der Waals surface area contributed by atoms with Crippen LogP contribution in [-0.2, 0) is 19.6 Å². The van der Waals surface area contributed by atoms with Crippen LogP contribution in [0.5, 0.6) is 0 Å². The highest BCUT2D eigenvalue weighted by Crippen LogP contribution is 2.31. The lowest BCUT2D eigenvalue weighted by Gasteiger charge is -2.36. The van der Waals surface area contributed by atoms with Gasteiger partial charge in [-0.25, -0.2) is 8.42 Å². The third-order valence-corrected chi connectivity index (χ3v) is 7.63. The molecule has 1 aromatic rings. The Morgan fingerprint density at radius 3 is 2.39 bits per heavy atom. The minimum atomic E-state index is -3.49. The predicted molar refractivity (Wildman–Crippen MR) is 109 cm³/mol. The van der Waals surface area contributed by atoms with Crippen molar-refractivity contribution in [3.63, 3.8) is 0 Å². The molecular weight excluding hydrogens is 376 g/mol. The third-order valence-electron chi connectivity index (χ3n) is 5.72. The lowest BCUT2D eigenvalue weighted by molar-refractivity contribution is -0.118. The van der Waals surface area contributed by atoms with Crippen LogP contribution in [0.4, 0.5) is 0 Å². The van der Waals surface area contributed by atoms with Gasteiger partial charge in [-0.05, 0) is 62.3 Å². The van der Waals surface area contributed by atoms with Crippen molar-refractivity contribution < 1.29 is 17.9 Å². The molecule has 0 atom stereocenters. The fraction of sp³-hybridized carbons (Fsp3) is 0.571. The summed E-state index contributed by atoms with van der Waals surface area (Å²) in [5, 5.41) is 3.12. The van der Waals surface area contributed by atoms with Crippen LogP contribution in [0.1, 0.15) is 45.1 Å². The number of nitrogens with one attached hydrogen (secondary N) is 1. The minimum absolute atomic E-state index is 0.109. The maximum atomic E-state index is 12.6. The van der Waals surface area contributed by atoms with Crippen molar-refractivity contribution in [1.29, 1.82) is 0 Å². The minimum Gasteiger partial charge on any atom is -0.379 e. The van der Waals surface area contributed by atoms with Crippen LogP contribution in [0.25, 0.3) is 6.08 Å². The van der Waals surface area contributed by atoms with Crippen molar-refractivity contribution in [3.05, 3.63) is 35.9 Å². The Labute approximate surface area is 168 Å². The highest BCUT2D eigenvalue weighted by molar-refractivity contribution is 7.89. The van der Waals surface area contributed by atoms with E-state index >= 15 is 0 Å². The van der Waals surface area contributed by atoms with Crippen molar-refractivity contribution in [2.45, 2.75) is 50.0 Å². The molecule has 1 aliphatic carbocycles. The number of ether oxygens (including phenoxy) is 1. The molecule has 28 heavy (non-hydrogen) atoms. The Balaban J connectivity index is 1.60. The number of sulfonamides is 1. The van der Waals surface area contributed by atoms with Crippen LogP contribution in [0.3, 0.4) is 0 Å². The van der Waals surface area contributed by atoms with E-state index in [1.807, 2.05) is 0 Å². The highest BCUT2D eigenvalue weighted by Gasteiger charge is 2.30. The quantitative estimate of drug-likeness (QED) is 0.763. The number of morpholine rings is 1. The molecule has 2 fully saturated rings. The number of benzene rings is 1. The number of carbonyl (C=O) groups excluding carboxylic acids is 1. The zero-order chi connectivity index (χ0) is 20.2. The Hall–Kier alpha value is -1.70. The summed E-state index contributed by atoms with van der Waals surface area (Å²) < 4.78 is 31.9. The van der Waals surface area contributed by atoms with Gasteiger partial charge in [0, 0.05) is 24.7 Å². The van der Waals surface area contributed by atoms with Gasteiger partial charge in [0.1, 0.15) is 0 Å². The lowest BCUT2D eigenvalue weighted by Crippen LogP contribution is -2.47. The number of amides is 1. The Bertz CT molecular complexity index is 803. The van der Waals surface area contributed by atoms with Crippen LogP contribution < -0.4 is 5.32 Å². The van der Waals surface area contributed by atoms with E-state index in [0.717, 1.165) is 37.2 Å². The van der Waals surface area contributed by atoms with Crippen LogP contribution in [-0.4, -0.2) is 50.5 Å². The molecule has 154 valence electrons. The van der Waals surface area contributed by atoms with Crippen molar-refractivity contribution in [2.24, 2.45) is 5.92 Å². The average Bonchev–Trinajstić information content (AvgIpc) is 2.70. The molecule has 1 aliphatic heterocycles. The topological polar surface area (TPSA) is 75.7 Å². The van der Waals surface area contributed by atoms with Gasteiger partial charge < -0.3 is 10.1 Å². The molecule has 1 aromatic carbocycles. The second-order valence-corrected chi connectivity index (χ2v) is 10.1. The summed E-state index contributed by atoms with van der Waals surface area (Å²) >= 11 is 0. The van der Waals surface area contributed by atoms with E-state index in [0.29, 0.717) is 26.3 Å². The zero-order valence-electron chi connectivity index (χ0n) is 16.7. The highest BCUT2D eigenvalue weighted by atomic mass is 32.2. The summed E-state index contributed by atoms with van der Waals surface area (Å²) in [6.07, 6.45) is 7.52. The fourth-order valence-corrected chi connectivity index (χ4v) is 5.13. The number of rotatable bonds is 5. The Morgan fingerprint density at radius 2 is 1.79 bits per heavy atom. The van der Waals surface area contributed by atoms with Gasteiger partial charge in [0.2, 0.25) is 15.9 Å². The van der Waals surface area contributed by atoms with E-state index in [1.165, 1.54) is 10.4 Å². The van der Waals surface area contributed by atoms with Crippen molar-refractivity contribution in [1.82, 2.24) is 9.62 Å². The summed E-state index contributed by atoms with van der Waals surface area (Å²) in [7, 11) is -3.49. The number of nitrogens with zero attached hydrogens (tertiary/aromatic N) is 1. The molecule has 1 heterocycles. The monoisotopic (exact) mass is 406 g/mol. The molecule has 0 spiro atoms. The SMILES string of the molecule is CC1CCC(C)(NC(=O)/C=C/c2ccc(S(=O)(=O)N3CCOCC3)cc2)CC1. The van der Waals surface area contributed by atoms with Gasteiger partial charge >= 0.3 is 0 Å².